The number of hydrogen-bond donors (Lipinski definition) is 0. The molecule has 0 atom stereocenters. The maximum Gasteiger partial charge on any atom is 0.225 e. The number of rotatable bonds is 2. The molecule has 0 amide bonds. The highest BCUT2D eigenvalue weighted by molar-refractivity contribution is 5.58. The van der Waals surface area contributed by atoms with Gasteiger partial charge in [-0.05, 0) is 38.1 Å². The summed E-state index contributed by atoms with van der Waals surface area (Å²) in [5.74, 6) is 2.01. The molecule has 1 saturated heterocycles. The van der Waals surface area contributed by atoms with E-state index < -0.39 is 0 Å². The summed E-state index contributed by atoms with van der Waals surface area (Å²) in [5.41, 5.74) is 2.27. The van der Waals surface area contributed by atoms with Crippen LogP contribution < -0.4 is 4.90 Å². The van der Waals surface area contributed by atoms with Gasteiger partial charge in [0.05, 0.1) is 17.4 Å². The van der Waals surface area contributed by atoms with Gasteiger partial charge in [0.15, 0.2) is 0 Å². The number of nitrogens with zero attached hydrogens (tertiary/aromatic N) is 7. The molecule has 0 N–H and O–H groups in total. The average molecular weight is 361 g/mol. The number of piperidine rings is 1. The van der Waals surface area contributed by atoms with E-state index >= 15 is 0 Å². The monoisotopic (exact) mass is 361 g/mol. The number of aromatic nitrogens is 5. The van der Waals surface area contributed by atoms with Crippen LogP contribution in [0.3, 0.4) is 0 Å². The standard InChI is InChI=1S/C20H23N7/c1-25-12-13-27-17(16-4-2-7-21-14-16)15-24-18(27)20(25)5-10-26(11-6-20)19-22-8-3-9-23-19/h2-4,7-9,14-15H,5-6,10-13H2,1H3. The first-order valence-corrected chi connectivity index (χ1v) is 9.47. The number of imidazole rings is 1. The quantitative estimate of drug-likeness (QED) is 0.697. The first kappa shape index (κ1) is 16.4. The largest absolute Gasteiger partial charge is 0.341 e. The Balaban J connectivity index is 1.47. The smallest absolute Gasteiger partial charge is 0.225 e. The van der Waals surface area contributed by atoms with Gasteiger partial charge in [-0.2, -0.15) is 0 Å². The Bertz CT molecular complexity index is 914. The molecule has 1 fully saturated rings. The Labute approximate surface area is 158 Å². The van der Waals surface area contributed by atoms with Crippen LogP contribution in [-0.2, 0) is 12.1 Å². The Morgan fingerprint density at radius 2 is 1.70 bits per heavy atom. The molecular formula is C20H23N7. The molecular weight excluding hydrogens is 338 g/mol. The van der Waals surface area contributed by atoms with Crippen molar-refractivity contribution < 1.29 is 0 Å². The van der Waals surface area contributed by atoms with E-state index in [9.17, 15) is 0 Å². The highest BCUT2D eigenvalue weighted by atomic mass is 15.3. The van der Waals surface area contributed by atoms with Gasteiger partial charge >= 0.3 is 0 Å². The number of anilines is 1. The second-order valence-corrected chi connectivity index (χ2v) is 7.35. The molecule has 3 aromatic rings. The second-order valence-electron chi connectivity index (χ2n) is 7.35. The van der Waals surface area contributed by atoms with Crippen LogP contribution in [0.15, 0.2) is 49.2 Å². The molecule has 0 aromatic carbocycles. The minimum Gasteiger partial charge on any atom is -0.341 e. The number of fused-ring (bicyclic) bond motifs is 2. The van der Waals surface area contributed by atoms with Crippen molar-refractivity contribution in [2.45, 2.75) is 24.9 Å². The van der Waals surface area contributed by atoms with Gasteiger partial charge in [-0.15, -0.1) is 0 Å². The third kappa shape index (κ3) is 2.61. The molecule has 0 saturated carbocycles. The van der Waals surface area contributed by atoms with Gasteiger partial charge in [0.25, 0.3) is 0 Å². The normalized spacial score (nSPS) is 19.2. The van der Waals surface area contributed by atoms with Gasteiger partial charge < -0.3 is 9.47 Å². The zero-order chi connectivity index (χ0) is 18.3. The molecule has 2 aliphatic heterocycles. The molecule has 0 radical (unpaired) electrons. The topological polar surface area (TPSA) is 63.0 Å². The molecule has 2 aliphatic rings. The minimum atomic E-state index is -0.0238. The van der Waals surface area contributed by atoms with E-state index in [4.69, 9.17) is 4.98 Å². The van der Waals surface area contributed by atoms with E-state index in [2.05, 4.69) is 42.4 Å². The van der Waals surface area contributed by atoms with Crippen LogP contribution in [0, 0.1) is 0 Å². The highest BCUT2D eigenvalue weighted by Gasteiger charge is 2.46. The molecule has 27 heavy (non-hydrogen) atoms. The molecule has 1 spiro atoms. The van der Waals surface area contributed by atoms with Crippen molar-refractivity contribution in [3.05, 3.63) is 55.0 Å². The van der Waals surface area contributed by atoms with Crippen molar-refractivity contribution in [1.29, 1.82) is 0 Å². The number of hydrogen-bond acceptors (Lipinski definition) is 6. The van der Waals surface area contributed by atoms with E-state index in [-0.39, 0.29) is 5.54 Å². The van der Waals surface area contributed by atoms with Crippen molar-refractivity contribution in [2.75, 3.05) is 31.6 Å². The fraction of sp³-hybridized carbons (Fsp3) is 0.400. The van der Waals surface area contributed by atoms with Crippen molar-refractivity contribution in [3.63, 3.8) is 0 Å². The first-order chi connectivity index (χ1) is 13.3. The maximum absolute atomic E-state index is 4.90. The van der Waals surface area contributed by atoms with E-state index in [1.54, 1.807) is 0 Å². The summed E-state index contributed by atoms with van der Waals surface area (Å²) in [7, 11) is 2.23. The highest BCUT2D eigenvalue weighted by Crippen LogP contribution is 2.41. The fourth-order valence-electron chi connectivity index (χ4n) is 4.49. The number of likely N-dealkylation sites (N-methyl/N-ethyl adjacent to an activating group) is 1. The first-order valence-electron chi connectivity index (χ1n) is 9.47. The lowest BCUT2D eigenvalue weighted by Gasteiger charge is -2.49. The van der Waals surface area contributed by atoms with Gasteiger partial charge in [-0.1, -0.05) is 0 Å². The Morgan fingerprint density at radius 1 is 0.889 bits per heavy atom. The van der Waals surface area contributed by atoms with Crippen LogP contribution in [0.5, 0.6) is 0 Å². The van der Waals surface area contributed by atoms with Gasteiger partial charge in [0, 0.05) is 56.5 Å². The van der Waals surface area contributed by atoms with Gasteiger partial charge in [-0.25, -0.2) is 15.0 Å². The Morgan fingerprint density at radius 3 is 2.44 bits per heavy atom. The number of pyridine rings is 1. The summed E-state index contributed by atoms with van der Waals surface area (Å²) in [4.78, 5) is 22.8. The zero-order valence-corrected chi connectivity index (χ0v) is 15.5. The predicted octanol–water partition coefficient (Wildman–Crippen LogP) is 2.18. The third-order valence-electron chi connectivity index (χ3n) is 6.04. The lowest BCUT2D eigenvalue weighted by molar-refractivity contribution is 0.0496. The third-order valence-corrected chi connectivity index (χ3v) is 6.04. The molecule has 0 aliphatic carbocycles. The predicted molar refractivity (Wildman–Crippen MR) is 103 cm³/mol. The summed E-state index contributed by atoms with van der Waals surface area (Å²) >= 11 is 0. The summed E-state index contributed by atoms with van der Waals surface area (Å²) in [5, 5.41) is 0. The summed E-state index contributed by atoms with van der Waals surface area (Å²) in [6, 6.07) is 5.95. The van der Waals surface area contributed by atoms with E-state index in [0.29, 0.717) is 0 Å². The fourth-order valence-corrected chi connectivity index (χ4v) is 4.49. The lowest BCUT2D eigenvalue weighted by atomic mass is 9.83. The van der Waals surface area contributed by atoms with Crippen molar-refractivity contribution >= 4 is 5.95 Å². The van der Waals surface area contributed by atoms with Crippen molar-refractivity contribution in [1.82, 2.24) is 29.4 Å². The molecule has 138 valence electrons. The molecule has 0 unspecified atom stereocenters. The van der Waals surface area contributed by atoms with Gasteiger partial charge in [0.1, 0.15) is 5.82 Å². The Hall–Kier alpha value is -2.80. The molecule has 7 heteroatoms. The summed E-state index contributed by atoms with van der Waals surface area (Å²) in [6.07, 6.45) is 11.4. The lowest BCUT2D eigenvalue weighted by Crippen LogP contribution is -2.56. The van der Waals surface area contributed by atoms with Gasteiger partial charge in [-0.3, -0.25) is 9.88 Å². The van der Waals surface area contributed by atoms with Crippen LogP contribution in [0.2, 0.25) is 0 Å². The van der Waals surface area contributed by atoms with Gasteiger partial charge in [0.2, 0.25) is 5.95 Å². The van der Waals surface area contributed by atoms with E-state index in [0.717, 1.165) is 50.5 Å². The second kappa shape index (κ2) is 6.42. The van der Waals surface area contributed by atoms with Crippen LogP contribution in [0.25, 0.3) is 11.3 Å². The zero-order valence-electron chi connectivity index (χ0n) is 15.5. The van der Waals surface area contributed by atoms with Crippen molar-refractivity contribution in [2.24, 2.45) is 0 Å². The molecule has 5 heterocycles. The molecule has 0 bridgehead atoms. The summed E-state index contributed by atoms with van der Waals surface area (Å²) < 4.78 is 2.39. The van der Waals surface area contributed by atoms with Crippen molar-refractivity contribution in [3.8, 4) is 11.3 Å². The minimum absolute atomic E-state index is 0.0238. The average Bonchev–Trinajstić information content (AvgIpc) is 3.18. The molecule has 7 nitrogen and oxygen atoms in total. The molecule has 3 aromatic heterocycles. The van der Waals surface area contributed by atoms with Crippen LogP contribution in [0.1, 0.15) is 18.7 Å². The molecule has 5 rings (SSSR count). The summed E-state index contributed by atoms with van der Waals surface area (Å²) in [6.45, 7) is 3.86. The SMILES string of the molecule is CN1CCn2c(-c3cccnc3)cnc2C12CCN(c1ncccn1)CC2. The Kier molecular flexibility index (Phi) is 3.89. The van der Waals surface area contributed by atoms with Crippen LogP contribution in [-0.4, -0.2) is 56.1 Å². The van der Waals surface area contributed by atoms with Crippen LogP contribution in [0.4, 0.5) is 5.95 Å². The maximum atomic E-state index is 4.90. The van der Waals surface area contributed by atoms with E-state index in [1.165, 1.54) is 11.5 Å². The van der Waals surface area contributed by atoms with E-state index in [1.807, 2.05) is 43.1 Å². The van der Waals surface area contributed by atoms with Crippen LogP contribution >= 0.6 is 0 Å².